The standard InChI is InChI=1S/C22H17N9OS.C15H12N6O2.C7H7N3S.C2H6O/c1-13(26-29-22-24-17-8-2-3-11-19(17)33-22)14-6-4-7-15(12-14)16-9-5-10-18(23-16)20(32)25-21-27-30-31-28-21;1-9(22)10-4-2-5-11(8-10)12-6-3-7-13(16-12)14(23)17-15-18-20-21-19-15;8-10-7-9-5-3-1-2-4-6(5)11-7;1-2-3/h2-12H,1H3,(H,24,29)(H2,25,27,28,30,31,32);2-8H,1H3,(H2,17,18,19,20,21,23);1-4H,8H2,(H,9,10);3H,2H2,1H3/b26-13+;;;. The van der Waals surface area contributed by atoms with E-state index in [0.29, 0.717) is 17.0 Å². The van der Waals surface area contributed by atoms with Crippen LogP contribution in [-0.2, 0) is 0 Å². The quantitative estimate of drug-likeness (QED) is 0.0274. The van der Waals surface area contributed by atoms with Crippen LogP contribution in [0.25, 0.3) is 42.9 Å². The van der Waals surface area contributed by atoms with Crippen molar-refractivity contribution in [1.29, 1.82) is 0 Å². The third kappa shape index (κ3) is 13.3. The maximum absolute atomic E-state index is 12.4. The zero-order valence-corrected chi connectivity index (χ0v) is 39.0. The van der Waals surface area contributed by atoms with Crippen molar-refractivity contribution in [2.45, 2.75) is 20.8 Å². The molecule has 0 atom stereocenters. The Balaban J connectivity index is 0.000000168. The number of rotatable bonds is 11. The highest BCUT2D eigenvalue weighted by Crippen LogP contribution is 2.27. The van der Waals surface area contributed by atoms with E-state index < -0.39 is 11.8 Å². The lowest BCUT2D eigenvalue weighted by Gasteiger charge is -2.07. The lowest BCUT2D eigenvalue weighted by molar-refractivity contribution is 0.101. The molecular weight excluding hydrogens is 933 g/mol. The first-order valence-electron chi connectivity index (χ1n) is 21.0. The molecule has 10 rings (SSSR count). The van der Waals surface area contributed by atoms with Gasteiger partial charge in [-0.15, -0.1) is 10.2 Å². The van der Waals surface area contributed by atoms with Gasteiger partial charge in [0.15, 0.2) is 10.9 Å². The van der Waals surface area contributed by atoms with E-state index in [1.807, 2.05) is 91.9 Å². The Morgan fingerprint density at radius 3 is 1.57 bits per heavy atom. The number of aromatic nitrogens is 12. The first-order valence-corrected chi connectivity index (χ1v) is 22.6. The molecule has 6 aromatic heterocycles. The van der Waals surface area contributed by atoms with Crippen molar-refractivity contribution in [2.75, 3.05) is 28.1 Å². The number of thiazole rings is 2. The number of nitrogens with zero attached hydrogens (tertiary/aromatic N) is 11. The first kappa shape index (κ1) is 48.8. The lowest BCUT2D eigenvalue weighted by Crippen LogP contribution is -2.15. The number of ketones is 1. The van der Waals surface area contributed by atoms with Gasteiger partial charge < -0.3 is 5.11 Å². The molecule has 9 N–H and O–H groups in total. The van der Waals surface area contributed by atoms with Gasteiger partial charge in [0, 0.05) is 23.3 Å². The normalized spacial score (nSPS) is 10.7. The van der Waals surface area contributed by atoms with Gasteiger partial charge in [-0.05, 0) is 97.4 Å². The summed E-state index contributed by atoms with van der Waals surface area (Å²) in [5, 5.41) is 44.6. The molecule has 0 aliphatic carbocycles. The minimum atomic E-state index is -0.448. The summed E-state index contributed by atoms with van der Waals surface area (Å²) in [6.07, 6.45) is 0. The van der Waals surface area contributed by atoms with Crippen molar-refractivity contribution in [3.63, 3.8) is 0 Å². The summed E-state index contributed by atoms with van der Waals surface area (Å²) >= 11 is 3.10. The maximum atomic E-state index is 12.4. The summed E-state index contributed by atoms with van der Waals surface area (Å²) in [5.41, 5.74) is 13.1. The molecular formula is C46H42N18O4S2. The fourth-order valence-corrected chi connectivity index (χ4v) is 7.64. The Hall–Kier alpha value is -9.10. The summed E-state index contributed by atoms with van der Waals surface area (Å²) < 4.78 is 2.25. The highest BCUT2D eigenvalue weighted by Gasteiger charge is 2.14. The van der Waals surface area contributed by atoms with E-state index in [1.54, 1.807) is 78.1 Å². The number of tetrazole rings is 2. The molecule has 0 spiro atoms. The number of pyridine rings is 2. The smallest absolute Gasteiger partial charge is 0.276 e. The number of aliphatic hydroxyl groups excluding tert-OH is 1. The fraction of sp³-hybridized carbons (Fsp3) is 0.0870. The molecule has 10 aromatic rings. The number of H-pyrrole nitrogens is 2. The first-order chi connectivity index (χ1) is 34.1. The van der Waals surface area contributed by atoms with Crippen LogP contribution in [0.5, 0.6) is 0 Å². The number of anilines is 4. The zero-order valence-electron chi connectivity index (χ0n) is 37.4. The van der Waals surface area contributed by atoms with E-state index >= 15 is 0 Å². The van der Waals surface area contributed by atoms with Gasteiger partial charge in [-0.2, -0.15) is 15.5 Å². The van der Waals surface area contributed by atoms with E-state index in [9.17, 15) is 14.4 Å². The Morgan fingerprint density at radius 1 is 0.614 bits per heavy atom. The molecule has 24 heteroatoms. The number of hydrogen-bond acceptors (Lipinski definition) is 20. The number of amides is 2. The number of aromatic amines is 2. The van der Waals surface area contributed by atoms with Crippen molar-refractivity contribution in [2.24, 2.45) is 10.9 Å². The Labute approximate surface area is 405 Å². The third-order valence-electron chi connectivity index (χ3n) is 9.28. The Bertz CT molecular complexity index is 3290. The molecule has 70 heavy (non-hydrogen) atoms. The number of nitrogens with one attached hydrogen (secondary N) is 6. The average molecular weight is 975 g/mol. The predicted molar refractivity (Wildman–Crippen MR) is 269 cm³/mol. The SMILES string of the molecule is C/C(=N\Nc1nc2ccccc2s1)c1cccc(-c2cccc(C(=O)Nc3nn[nH]n3)n2)c1.CC(=O)c1cccc(-c2cccc(C(=O)Nc3nn[nH]n3)n2)c1.CCO.NNc1nc2ccccc2s1. The third-order valence-corrected chi connectivity index (χ3v) is 11.2. The molecule has 2 amide bonds. The number of aliphatic hydroxyl groups is 1. The highest BCUT2D eigenvalue weighted by atomic mass is 32.1. The van der Waals surface area contributed by atoms with Crippen LogP contribution in [0, 0.1) is 0 Å². The summed E-state index contributed by atoms with van der Waals surface area (Å²) in [6, 6.07) is 41.1. The molecule has 4 aromatic carbocycles. The van der Waals surface area contributed by atoms with Crippen LogP contribution in [0.15, 0.2) is 139 Å². The van der Waals surface area contributed by atoms with Crippen molar-refractivity contribution < 1.29 is 19.5 Å². The number of Topliss-reactive ketones (excluding diaryl/α,β-unsaturated/α-hetero) is 1. The zero-order chi connectivity index (χ0) is 49.2. The van der Waals surface area contributed by atoms with Crippen LogP contribution in [0.4, 0.5) is 22.2 Å². The number of nitrogens with two attached hydrogens (primary N) is 1. The maximum Gasteiger partial charge on any atom is 0.276 e. The summed E-state index contributed by atoms with van der Waals surface area (Å²) in [7, 11) is 0. The molecule has 352 valence electrons. The Kier molecular flexibility index (Phi) is 16.8. The molecule has 0 fully saturated rings. The van der Waals surface area contributed by atoms with Crippen molar-refractivity contribution in [1.82, 2.24) is 61.2 Å². The minimum absolute atomic E-state index is 0.0298. The summed E-state index contributed by atoms with van der Waals surface area (Å²) in [5.74, 6) is 4.46. The Morgan fingerprint density at radius 2 is 1.09 bits per heavy atom. The molecule has 0 aliphatic heterocycles. The number of hydrazone groups is 1. The molecule has 22 nitrogen and oxygen atoms in total. The van der Waals surface area contributed by atoms with Gasteiger partial charge in [0.05, 0.1) is 37.5 Å². The summed E-state index contributed by atoms with van der Waals surface area (Å²) in [6.45, 7) is 5.35. The van der Waals surface area contributed by atoms with Gasteiger partial charge in [0.2, 0.25) is 5.13 Å². The number of benzene rings is 4. The van der Waals surface area contributed by atoms with E-state index in [4.69, 9.17) is 10.9 Å². The molecule has 0 unspecified atom stereocenters. The number of hydrogen-bond donors (Lipinski definition) is 8. The minimum Gasteiger partial charge on any atom is -0.397 e. The van der Waals surface area contributed by atoms with Crippen LogP contribution in [-0.4, -0.2) is 96.2 Å². The van der Waals surface area contributed by atoms with Crippen LogP contribution in [0.2, 0.25) is 0 Å². The number of carbonyl (C=O) groups is 3. The molecule has 0 radical (unpaired) electrons. The van der Waals surface area contributed by atoms with Crippen LogP contribution in [0.3, 0.4) is 0 Å². The second-order valence-corrected chi connectivity index (χ2v) is 16.2. The van der Waals surface area contributed by atoms with Gasteiger partial charge in [0.25, 0.3) is 23.7 Å². The molecule has 0 bridgehead atoms. The molecule has 0 saturated carbocycles. The number of para-hydroxylation sites is 2. The van der Waals surface area contributed by atoms with E-state index in [2.05, 4.69) is 87.8 Å². The monoisotopic (exact) mass is 974 g/mol. The number of carbonyl (C=O) groups excluding carboxylic acids is 3. The van der Waals surface area contributed by atoms with Crippen LogP contribution >= 0.6 is 22.7 Å². The van der Waals surface area contributed by atoms with E-state index in [1.165, 1.54) is 6.92 Å². The lowest BCUT2D eigenvalue weighted by atomic mass is 10.0. The number of nitrogen functional groups attached to an aromatic ring is 1. The average Bonchev–Trinajstić information content (AvgIpc) is 4.25. The van der Waals surface area contributed by atoms with Gasteiger partial charge in [-0.1, -0.05) is 106 Å². The predicted octanol–water partition coefficient (Wildman–Crippen LogP) is 7.26. The van der Waals surface area contributed by atoms with Crippen molar-refractivity contribution in [3.05, 3.63) is 156 Å². The van der Waals surface area contributed by atoms with E-state index in [-0.39, 0.29) is 35.7 Å². The largest absolute Gasteiger partial charge is 0.397 e. The van der Waals surface area contributed by atoms with Gasteiger partial charge in [-0.25, -0.2) is 25.8 Å². The van der Waals surface area contributed by atoms with Crippen LogP contribution < -0.4 is 27.3 Å². The van der Waals surface area contributed by atoms with Crippen molar-refractivity contribution >= 4 is 88.6 Å². The van der Waals surface area contributed by atoms with Gasteiger partial charge in [0.1, 0.15) is 11.4 Å². The second kappa shape index (κ2) is 24.1. The van der Waals surface area contributed by atoms with Gasteiger partial charge >= 0.3 is 0 Å². The van der Waals surface area contributed by atoms with Crippen LogP contribution in [0.1, 0.15) is 57.7 Å². The number of hydrazine groups is 1. The van der Waals surface area contributed by atoms with Crippen molar-refractivity contribution in [3.8, 4) is 22.5 Å². The second-order valence-electron chi connectivity index (χ2n) is 14.2. The summed E-state index contributed by atoms with van der Waals surface area (Å²) in [4.78, 5) is 53.6. The molecule has 0 aliphatic rings. The van der Waals surface area contributed by atoms with Gasteiger partial charge in [-0.3, -0.25) is 35.9 Å². The number of fused-ring (bicyclic) bond motifs is 2. The fourth-order valence-electron chi connectivity index (χ4n) is 6.06. The molecule has 6 heterocycles. The molecule has 0 saturated heterocycles. The van der Waals surface area contributed by atoms with E-state index in [0.717, 1.165) is 53.1 Å². The highest BCUT2D eigenvalue weighted by molar-refractivity contribution is 7.22. The topological polar surface area (TPSA) is 318 Å².